The van der Waals surface area contributed by atoms with Gasteiger partial charge in [-0.1, -0.05) is 12.1 Å². The average Bonchev–Trinajstić information content (AvgIpc) is 2.80. The minimum atomic E-state index is 0.150. The van der Waals surface area contributed by atoms with E-state index in [0.29, 0.717) is 0 Å². The summed E-state index contributed by atoms with van der Waals surface area (Å²) in [6.45, 7) is 7.47. The molecule has 0 radical (unpaired) electrons. The van der Waals surface area contributed by atoms with Crippen LogP contribution in [0.25, 0.3) is 0 Å². The zero-order chi connectivity index (χ0) is 14.6. The molecule has 0 fully saturated rings. The average molecular weight is 289 g/mol. The van der Waals surface area contributed by atoms with Gasteiger partial charge in [0.15, 0.2) is 0 Å². The van der Waals surface area contributed by atoms with Crippen molar-refractivity contribution >= 4 is 11.8 Å². The molecule has 20 heavy (non-hydrogen) atoms. The van der Waals surface area contributed by atoms with Crippen LogP contribution in [0.1, 0.15) is 32.0 Å². The van der Waals surface area contributed by atoms with E-state index in [4.69, 9.17) is 0 Å². The van der Waals surface area contributed by atoms with Crippen molar-refractivity contribution in [2.75, 3.05) is 0 Å². The van der Waals surface area contributed by atoms with E-state index in [1.54, 1.807) is 0 Å². The standard InChI is InChI=1S/C16H23N3S/c1-16(2,3)17-11-13-6-5-7-15(10-13)20-12-14-8-9-19(4)18-14/h5-10,17H,11-12H2,1-4H3. The van der Waals surface area contributed by atoms with Crippen molar-refractivity contribution in [2.24, 2.45) is 7.05 Å². The molecule has 0 bridgehead atoms. The summed E-state index contributed by atoms with van der Waals surface area (Å²) in [6.07, 6.45) is 1.99. The molecule has 1 aromatic heterocycles. The summed E-state index contributed by atoms with van der Waals surface area (Å²) in [6, 6.07) is 10.8. The SMILES string of the molecule is Cn1ccc(CSc2cccc(CNC(C)(C)C)c2)n1. The van der Waals surface area contributed by atoms with Crippen LogP contribution in [0.5, 0.6) is 0 Å². The predicted molar refractivity (Wildman–Crippen MR) is 85.8 cm³/mol. The number of hydrogen-bond acceptors (Lipinski definition) is 3. The molecule has 0 aliphatic heterocycles. The lowest BCUT2D eigenvalue weighted by molar-refractivity contribution is 0.424. The summed E-state index contributed by atoms with van der Waals surface area (Å²) in [5.74, 6) is 0.914. The Kier molecular flexibility index (Phi) is 4.89. The Morgan fingerprint density at radius 2 is 2.05 bits per heavy atom. The van der Waals surface area contributed by atoms with Gasteiger partial charge >= 0.3 is 0 Å². The van der Waals surface area contributed by atoms with Gasteiger partial charge in [0.05, 0.1) is 5.69 Å². The van der Waals surface area contributed by atoms with Crippen LogP contribution in [0.3, 0.4) is 0 Å². The number of aromatic nitrogens is 2. The molecule has 0 saturated carbocycles. The van der Waals surface area contributed by atoms with Crippen LogP contribution >= 0.6 is 11.8 Å². The normalized spacial score (nSPS) is 11.8. The number of benzene rings is 1. The van der Waals surface area contributed by atoms with Gasteiger partial charge < -0.3 is 5.32 Å². The summed E-state index contributed by atoms with van der Waals surface area (Å²) in [4.78, 5) is 1.30. The molecule has 0 amide bonds. The van der Waals surface area contributed by atoms with E-state index in [0.717, 1.165) is 18.0 Å². The summed E-state index contributed by atoms with van der Waals surface area (Å²) in [5, 5.41) is 7.92. The molecular formula is C16H23N3S. The molecule has 0 spiro atoms. The molecule has 0 unspecified atom stereocenters. The second-order valence-corrected chi connectivity index (χ2v) is 7.07. The van der Waals surface area contributed by atoms with Crippen LogP contribution in [-0.2, 0) is 19.3 Å². The van der Waals surface area contributed by atoms with Crippen LogP contribution in [0, 0.1) is 0 Å². The highest BCUT2D eigenvalue weighted by molar-refractivity contribution is 7.98. The van der Waals surface area contributed by atoms with Crippen molar-refractivity contribution in [3.05, 3.63) is 47.8 Å². The highest BCUT2D eigenvalue weighted by Gasteiger charge is 2.08. The smallest absolute Gasteiger partial charge is 0.0727 e. The van der Waals surface area contributed by atoms with E-state index < -0.39 is 0 Å². The third-order valence-electron chi connectivity index (χ3n) is 2.88. The Morgan fingerprint density at radius 1 is 1.25 bits per heavy atom. The maximum Gasteiger partial charge on any atom is 0.0727 e. The molecule has 3 nitrogen and oxygen atoms in total. The first-order valence-electron chi connectivity index (χ1n) is 6.88. The molecular weight excluding hydrogens is 266 g/mol. The van der Waals surface area contributed by atoms with Crippen molar-refractivity contribution < 1.29 is 0 Å². The van der Waals surface area contributed by atoms with E-state index in [1.165, 1.54) is 10.5 Å². The second-order valence-electron chi connectivity index (χ2n) is 6.02. The van der Waals surface area contributed by atoms with Crippen molar-refractivity contribution in [1.29, 1.82) is 0 Å². The first-order chi connectivity index (χ1) is 9.42. The minimum absolute atomic E-state index is 0.150. The maximum atomic E-state index is 4.40. The van der Waals surface area contributed by atoms with Crippen LogP contribution < -0.4 is 5.32 Å². The molecule has 0 atom stereocenters. The van der Waals surface area contributed by atoms with Gasteiger partial charge in [-0.3, -0.25) is 4.68 Å². The molecule has 0 saturated heterocycles. The quantitative estimate of drug-likeness (QED) is 0.853. The molecule has 1 heterocycles. The van der Waals surface area contributed by atoms with Gasteiger partial charge in [-0.15, -0.1) is 11.8 Å². The zero-order valence-electron chi connectivity index (χ0n) is 12.7. The van der Waals surface area contributed by atoms with Gasteiger partial charge in [0.25, 0.3) is 0 Å². The van der Waals surface area contributed by atoms with Crippen molar-refractivity contribution in [3.63, 3.8) is 0 Å². The van der Waals surface area contributed by atoms with Gasteiger partial charge in [-0.2, -0.15) is 5.10 Å². The topological polar surface area (TPSA) is 29.9 Å². The van der Waals surface area contributed by atoms with E-state index in [-0.39, 0.29) is 5.54 Å². The summed E-state index contributed by atoms with van der Waals surface area (Å²) < 4.78 is 1.85. The molecule has 108 valence electrons. The van der Waals surface area contributed by atoms with Crippen molar-refractivity contribution in [3.8, 4) is 0 Å². The number of rotatable bonds is 5. The number of thioether (sulfide) groups is 1. The first kappa shape index (κ1) is 15.1. The Bertz CT molecular complexity index is 555. The molecule has 2 rings (SSSR count). The van der Waals surface area contributed by atoms with Crippen LogP contribution in [0.15, 0.2) is 41.4 Å². The van der Waals surface area contributed by atoms with Crippen LogP contribution in [0.2, 0.25) is 0 Å². The fourth-order valence-electron chi connectivity index (χ4n) is 1.81. The zero-order valence-corrected chi connectivity index (χ0v) is 13.5. The van der Waals surface area contributed by atoms with E-state index in [1.807, 2.05) is 29.7 Å². The number of hydrogen-bond donors (Lipinski definition) is 1. The lowest BCUT2D eigenvalue weighted by atomic mass is 10.1. The first-order valence-corrected chi connectivity index (χ1v) is 7.86. The monoisotopic (exact) mass is 289 g/mol. The largest absolute Gasteiger partial charge is 0.308 e. The van der Waals surface area contributed by atoms with Gasteiger partial charge in [-0.25, -0.2) is 0 Å². The minimum Gasteiger partial charge on any atom is -0.308 e. The Labute approximate surface area is 125 Å². The van der Waals surface area contributed by atoms with Gasteiger partial charge in [-0.05, 0) is 44.5 Å². The third kappa shape index (κ3) is 5.02. The van der Waals surface area contributed by atoms with E-state index in [9.17, 15) is 0 Å². The fraction of sp³-hybridized carbons (Fsp3) is 0.438. The van der Waals surface area contributed by atoms with Gasteiger partial charge in [0.1, 0.15) is 0 Å². The molecule has 0 aliphatic rings. The van der Waals surface area contributed by atoms with E-state index in [2.05, 4.69) is 61.5 Å². The Morgan fingerprint density at radius 3 is 2.70 bits per heavy atom. The number of nitrogens with one attached hydrogen (secondary N) is 1. The highest BCUT2D eigenvalue weighted by Crippen LogP contribution is 2.23. The number of nitrogens with zero attached hydrogens (tertiary/aromatic N) is 2. The molecule has 1 aromatic carbocycles. The molecule has 4 heteroatoms. The van der Waals surface area contributed by atoms with Gasteiger partial charge in [0, 0.05) is 36.0 Å². The van der Waals surface area contributed by atoms with E-state index >= 15 is 0 Å². The lowest BCUT2D eigenvalue weighted by Crippen LogP contribution is -2.35. The molecule has 2 aromatic rings. The Hall–Kier alpha value is -1.26. The predicted octanol–water partition coefficient (Wildman–Crippen LogP) is 3.60. The van der Waals surface area contributed by atoms with Crippen LogP contribution in [-0.4, -0.2) is 15.3 Å². The second kappa shape index (κ2) is 6.46. The van der Waals surface area contributed by atoms with Crippen molar-refractivity contribution in [2.45, 2.75) is 43.5 Å². The number of aryl methyl sites for hydroxylation is 1. The van der Waals surface area contributed by atoms with Gasteiger partial charge in [0.2, 0.25) is 0 Å². The summed E-state index contributed by atoms with van der Waals surface area (Å²) in [5.41, 5.74) is 2.60. The summed E-state index contributed by atoms with van der Waals surface area (Å²) in [7, 11) is 1.95. The highest BCUT2D eigenvalue weighted by atomic mass is 32.2. The lowest BCUT2D eigenvalue weighted by Gasteiger charge is -2.20. The maximum absolute atomic E-state index is 4.40. The fourth-order valence-corrected chi connectivity index (χ4v) is 2.69. The summed E-state index contributed by atoms with van der Waals surface area (Å²) >= 11 is 1.83. The molecule has 1 N–H and O–H groups in total. The Balaban J connectivity index is 1.92. The molecule has 0 aliphatic carbocycles. The third-order valence-corrected chi connectivity index (χ3v) is 3.90. The van der Waals surface area contributed by atoms with Crippen LogP contribution in [0.4, 0.5) is 0 Å². The van der Waals surface area contributed by atoms with Crippen molar-refractivity contribution in [1.82, 2.24) is 15.1 Å².